The first-order chi connectivity index (χ1) is 11.2. The van der Waals surface area contributed by atoms with Gasteiger partial charge >= 0.3 is 0 Å². The molecule has 0 bridgehead atoms. The molecule has 124 valence electrons. The normalized spacial score (nSPS) is 24.5. The van der Waals surface area contributed by atoms with Crippen molar-refractivity contribution < 1.29 is 14.2 Å². The number of nitrogens with zero attached hydrogens (tertiary/aromatic N) is 2. The lowest BCUT2D eigenvalue weighted by Crippen LogP contribution is -2.47. The minimum Gasteiger partial charge on any atom is -0.497 e. The average Bonchev–Trinajstić information content (AvgIpc) is 3.06. The third-order valence-electron chi connectivity index (χ3n) is 4.22. The van der Waals surface area contributed by atoms with Crippen LogP contribution in [0.2, 0.25) is 0 Å². The molecule has 1 aliphatic rings. The van der Waals surface area contributed by atoms with Gasteiger partial charge in [0.2, 0.25) is 0 Å². The van der Waals surface area contributed by atoms with Crippen molar-refractivity contribution in [2.24, 2.45) is 0 Å². The van der Waals surface area contributed by atoms with Crippen LogP contribution in [0.5, 0.6) is 5.75 Å². The molecule has 0 saturated carbocycles. The average molecular weight is 316 g/mol. The number of benzene rings is 1. The summed E-state index contributed by atoms with van der Waals surface area (Å²) in [5.74, 6) is 0.284. The van der Waals surface area contributed by atoms with Gasteiger partial charge in [-0.3, -0.25) is 0 Å². The van der Waals surface area contributed by atoms with Gasteiger partial charge < -0.3 is 18.8 Å². The number of methoxy groups -OCH3 is 1. The summed E-state index contributed by atoms with van der Waals surface area (Å²) in [5, 5.41) is 0. The third-order valence-corrected chi connectivity index (χ3v) is 4.22. The van der Waals surface area contributed by atoms with E-state index in [1.165, 1.54) is 5.56 Å². The van der Waals surface area contributed by atoms with Crippen LogP contribution in [0.1, 0.15) is 25.3 Å². The molecular formula is C18H24N2O3. The number of aryl methyl sites for hydroxylation is 1. The summed E-state index contributed by atoms with van der Waals surface area (Å²) in [6.45, 7) is 3.49. The number of rotatable bonds is 6. The zero-order valence-corrected chi connectivity index (χ0v) is 13.8. The molecule has 1 fully saturated rings. The van der Waals surface area contributed by atoms with Gasteiger partial charge in [-0.2, -0.15) is 0 Å². The van der Waals surface area contributed by atoms with E-state index in [4.69, 9.17) is 14.2 Å². The third kappa shape index (κ3) is 4.12. The van der Waals surface area contributed by atoms with Gasteiger partial charge in [-0.05, 0) is 37.5 Å². The van der Waals surface area contributed by atoms with Gasteiger partial charge in [0.15, 0.2) is 5.79 Å². The van der Waals surface area contributed by atoms with Crippen molar-refractivity contribution >= 4 is 0 Å². The molecule has 1 aromatic carbocycles. The van der Waals surface area contributed by atoms with E-state index in [1.807, 2.05) is 22.9 Å². The highest BCUT2D eigenvalue weighted by Gasteiger charge is 2.37. The first kappa shape index (κ1) is 16.0. The fraction of sp³-hybridized carbons (Fsp3) is 0.500. The Bertz CT molecular complexity index is 614. The molecule has 5 heteroatoms. The van der Waals surface area contributed by atoms with Crippen LogP contribution in [0.3, 0.4) is 0 Å². The summed E-state index contributed by atoms with van der Waals surface area (Å²) in [5.41, 5.74) is 1.22. The van der Waals surface area contributed by atoms with Gasteiger partial charge in [0.1, 0.15) is 5.75 Å². The monoisotopic (exact) mass is 316 g/mol. The summed E-state index contributed by atoms with van der Waals surface area (Å²) in [7, 11) is 1.69. The Morgan fingerprint density at radius 1 is 1.43 bits per heavy atom. The number of imidazole rings is 1. The van der Waals surface area contributed by atoms with Crippen LogP contribution >= 0.6 is 0 Å². The SMILES string of the molecule is COc1cccc(CCC2(Cn3ccnc3)OCCC(C)O2)c1. The van der Waals surface area contributed by atoms with E-state index in [2.05, 4.69) is 24.0 Å². The Hall–Kier alpha value is -1.85. The van der Waals surface area contributed by atoms with Crippen LogP contribution in [0.15, 0.2) is 43.0 Å². The summed E-state index contributed by atoms with van der Waals surface area (Å²) >= 11 is 0. The molecule has 23 heavy (non-hydrogen) atoms. The topological polar surface area (TPSA) is 45.5 Å². The Labute approximate surface area is 137 Å². The van der Waals surface area contributed by atoms with Crippen molar-refractivity contribution in [3.63, 3.8) is 0 Å². The zero-order valence-electron chi connectivity index (χ0n) is 13.8. The molecule has 0 radical (unpaired) electrons. The molecule has 5 nitrogen and oxygen atoms in total. The first-order valence-corrected chi connectivity index (χ1v) is 8.09. The second kappa shape index (κ2) is 7.15. The number of hydrogen-bond acceptors (Lipinski definition) is 4. The van der Waals surface area contributed by atoms with Gasteiger partial charge in [0, 0.05) is 18.8 Å². The molecule has 2 unspecified atom stereocenters. The largest absolute Gasteiger partial charge is 0.497 e. The molecular weight excluding hydrogens is 292 g/mol. The molecule has 3 rings (SSSR count). The van der Waals surface area contributed by atoms with E-state index >= 15 is 0 Å². The van der Waals surface area contributed by atoms with E-state index in [-0.39, 0.29) is 6.10 Å². The highest BCUT2D eigenvalue weighted by molar-refractivity contribution is 5.28. The smallest absolute Gasteiger partial charge is 0.186 e. The Kier molecular flexibility index (Phi) is 4.98. The van der Waals surface area contributed by atoms with Crippen molar-refractivity contribution in [1.82, 2.24) is 9.55 Å². The summed E-state index contributed by atoms with van der Waals surface area (Å²) in [4.78, 5) is 4.11. The molecule has 0 spiro atoms. The highest BCUT2D eigenvalue weighted by atomic mass is 16.7. The Morgan fingerprint density at radius 3 is 3.09 bits per heavy atom. The Morgan fingerprint density at radius 2 is 2.35 bits per heavy atom. The van der Waals surface area contributed by atoms with Crippen LogP contribution in [0.4, 0.5) is 0 Å². The molecule has 2 atom stereocenters. The lowest BCUT2D eigenvalue weighted by molar-refractivity contribution is -0.298. The highest BCUT2D eigenvalue weighted by Crippen LogP contribution is 2.30. The van der Waals surface area contributed by atoms with E-state index in [0.717, 1.165) is 31.6 Å². The minimum absolute atomic E-state index is 0.206. The minimum atomic E-state index is -0.596. The van der Waals surface area contributed by atoms with Gasteiger partial charge in [0.05, 0.1) is 32.7 Å². The second-order valence-electron chi connectivity index (χ2n) is 6.06. The van der Waals surface area contributed by atoms with Crippen LogP contribution in [-0.4, -0.2) is 35.2 Å². The molecule has 0 amide bonds. The van der Waals surface area contributed by atoms with Gasteiger partial charge in [-0.25, -0.2) is 4.98 Å². The maximum Gasteiger partial charge on any atom is 0.186 e. The maximum atomic E-state index is 6.22. The lowest BCUT2D eigenvalue weighted by Gasteiger charge is -2.40. The molecule has 1 aromatic heterocycles. The maximum absolute atomic E-state index is 6.22. The van der Waals surface area contributed by atoms with Crippen LogP contribution in [0.25, 0.3) is 0 Å². The first-order valence-electron chi connectivity index (χ1n) is 8.09. The molecule has 2 heterocycles. The number of aromatic nitrogens is 2. The van der Waals surface area contributed by atoms with Crippen molar-refractivity contribution in [2.45, 2.75) is 44.6 Å². The predicted molar refractivity (Wildman–Crippen MR) is 87.4 cm³/mol. The quantitative estimate of drug-likeness (QED) is 0.822. The molecule has 0 N–H and O–H groups in total. The van der Waals surface area contributed by atoms with E-state index in [9.17, 15) is 0 Å². The summed E-state index contributed by atoms with van der Waals surface area (Å²) in [6, 6.07) is 8.15. The zero-order chi connectivity index (χ0) is 16.1. The summed E-state index contributed by atoms with van der Waals surface area (Å²) < 4.78 is 19.6. The lowest BCUT2D eigenvalue weighted by atomic mass is 10.0. The fourth-order valence-corrected chi connectivity index (χ4v) is 2.98. The fourth-order valence-electron chi connectivity index (χ4n) is 2.98. The van der Waals surface area contributed by atoms with E-state index < -0.39 is 5.79 Å². The van der Waals surface area contributed by atoms with Gasteiger partial charge in [-0.1, -0.05) is 12.1 Å². The van der Waals surface area contributed by atoms with Gasteiger partial charge in [-0.15, -0.1) is 0 Å². The van der Waals surface area contributed by atoms with Crippen LogP contribution in [-0.2, 0) is 22.4 Å². The van der Waals surface area contributed by atoms with Gasteiger partial charge in [0.25, 0.3) is 0 Å². The number of hydrogen-bond donors (Lipinski definition) is 0. The molecule has 1 aliphatic heterocycles. The van der Waals surface area contributed by atoms with Crippen molar-refractivity contribution in [3.8, 4) is 5.75 Å². The number of ether oxygens (including phenoxy) is 3. The molecule has 0 aliphatic carbocycles. The summed E-state index contributed by atoms with van der Waals surface area (Å²) in [6.07, 6.45) is 8.34. The molecule has 1 saturated heterocycles. The van der Waals surface area contributed by atoms with Crippen molar-refractivity contribution in [2.75, 3.05) is 13.7 Å². The standard InChI is InChI=1S/C18H24N2O3/c1-15-7-11-22-18(23-15,13-20-10-9-19-14-20)8-6-16-4-3-5-17(12-16)21-2/h3-5,9-10,12,14-15H,6-8,11,13H2,1-2H3. The van der Waals surface area contributed by atoms with Crippen molar-refractivity contribution in [3.05, 3.63) is 48.5 Å². The van der Waals surface area contributed by atoms with Crippen molar-refractivity contribution in [1.29, 1.82) is 0 Å². The van der Waals surface area contributed by atoms with Crippen LogP contribution in [0, 0.1) is 0 Å². The van der Waals surface area contributed by atoms with E-state index in [0.29, 0.717) is 6.54 Å². The Balaban J connectivity index is 1.72. The van der Waals surface area contributed by atoms with Crippen LogP contribution < -0.4 is 4.74 Å². The molecule has 2 aromatic rings. The predicted octanol–water partition coefficient (Wildman–Crippen LogP) is 3.05. The second-order valence-corrected chi connectivity index (χ2v) is 6.06. The van der Waals surface area contributed by atoms with E-state index in [1.54, 1.807) is 19.6 Å².